The number of ether oxygens (including phenoxy) is 3. The first-order valence-electron chi connectivity index (χ1n) is 6.10. The van der Waals surface area contributed by atoms with Gasteiger partial charge in [-0.05, 0) is 25.0 Å². The molecule has 0 amide bonds. The number of hydrogen-bond acceptors (Lipinski definition) is 4. The van der Waals surface area contributed by atoms with Crippen LogP contribution in [-0.4, -0.2) is 30.6 Å². The molecular weight excluding hydrogens is 248 g/mol. The summed E-state index contributed by atoms with van der Waals surface area (Å²) in [5.41, 5.74) is 1.58. The van der Waals surface area contributed by atoms with Crippen LogP contribution < -0.4 is 0 Å². The van der Waals surface area contributed by atoms with Crippen LogP contribution in [0.25, 0.3) is 0 Å². The number of carbonyl (C=O) groups is 1. The van der Waals surface area contributed by atoms with Gasteiger partial charge in [-0.1, -0.05) is 24.3 Å². The van der Waals surface area contributed by atoms with Crippen LogP contribution in [-0.2, 0) is 19.0 Å². The number of rotatable bonds is 4. The largest absolute Gasteiger partial charge is 0.479 e. The fourth-order valence-corrected chi connectivity index (χ4v) is 2.12. The van der Waals surface area contributed by atoms with E-state index in [0.717, 1.165) is 5.56 Å². The molecule has 1 heterocycles. The maximum atomic E-state index is 11.0. The lowest BCUT2D eigenvalue weighted by atomic mass is 10.0. The van der Waals surface area contributed by atoms with Gasteiger partial charge in [0.25, 0.3) is 0 Å². The molecule has 1 fully saturated rings. The van der Waals surface area contributed by atoms with E-state index in [1.54, 1.807) is 12.1 Å². The van der Waals surface area contributed by atoms with Gasteiger partial charge in [0.1, 0.15) is 6.10 Å². The Balaban J connectivity index is 2.13. The van der Waals surface area contributed by atoms with Crippen molar-refractivity contribution in [2.45, 2.75) is 31.8 Å². The fourth-order valence-electron chi connectivity index (χ4n) is 2.12. The molecule has 1 aromatic rings. The molecule has 0 bridgehead atoms. The van der Waals surface area contributed by atoms with Crippen molar-refractivity contribution >= 4 is 5.97 Å². The van der Waals surface area contributed by atoms with E-state index in [2.05, 4.69) is 0 Å². The molecule has 1 saturated heterocycles. The Morgan fingerprint density at radius 2 is 2.05 bits per heavy atom. The van der Waals surface area contributed by atoms with E-state index in [-0.39, 0.29) is 6.10 Å². The van der Waals surface area contributed by atoms with Crippen molar-refractivity contribution in [1.29, 1.82) is 0 Å². The highest BCUT2D eigenvalue weighted by molar-refractivity contribution is 5.74. The zero-order chi connectivity index (χ0) is 14.0. The quantitative estimate of drug-likeness (QED) is 0.905. The Hall–Kier alpha value is -1.43. The number of carboxylic acids is 1. The predicted octanol–water partition coefficient (Wildman–Crippen LogP) is 2.28. The van der Waals surface area contributed by atoms with Crippen LogP contribution in [0, 0.1) is 0 Å². The smallest absolute Gasteiger partial charge is 0.337 e. The third-order valence-electron chi connectivity index (χ3n) is 3.08. The zero-order valence-electron chi connectivity index (χ0n) is 11.3. The second-order valence-corrected chi connectivity index (χ2v) is 4.94. The summed E-state index contributed by atoms with van der Waals surface area (Å²) < 4.78 is 16.2. The van der Waals surface area contributed by atoms with Gasteiger partial charge in [0.2, 0.25) is 0 Å². The van der Waals surface area contributed by atoms with Crippen molar-refractivity contribution in [3.05, 3.63) is 35.4 Å². The number of hydrogen-bond donors (Lipinski definition) is 1. The first-order valence-corrected chi connectivity index (χ1v) is 6.10. The van der Waals surface area contributed by atoms with Gasteiger partial charge in [0.05, 0.1) is 6.61 Å². The van der Waals surface area contributed by atoms with E-state index < -0.39 is 17.9 Å². The Kier molecular flexibility index (Phi) is 3.89. The standard InChI is InChI=1S/C14H18O5/c1-14(2)18-8-11(19-14)9-4-6-10(7-5-9)12(17-3)13(15)16/h4-7,11-12H,8H2,1-3H3,(H,15,16). The minimum atomic E-state index is -1.00. The van der Waals surface area contributed by atoms with Crippen LogP contribution in [0.4, 0.5) is 0 Å². The summed E-state index contributed by atoms with van der Waals surface area (Å²) in [4.78, 5) is 11.0. The molecule has 19 heavy (non-hydrogen) atoms. The van der Waals surface area contributed by atoms with Crippen molar-refractivity contribution in [2.75, 3.05) is 13.7 Å². The number of aliphatic carboxylic acids is 1. The summed E-state index contributed by atoms with van der Waals surface area (Å²) in [5.74, 6) is -1.57. The highest BCUT2D eigenvalue weighted by Gasteiger charge is 2.33. The Labute approximate surface area is 112 Å². The molecule has 1 aliphatic heterocycles. The molecule has 104 valence electrons. The van der Waals surface area contributed by atoms with Crippen LogP contribution in [0.1, 0.15) is 37.2 Å². The first-order chi connectivity index (χ1) is 8.93. The van der Waals surface area contributed by atoms with Crippen LogP contribution in [0.3, 0.4) is 0 Å². The van der Waals surface area contributed by atoms with E-state index in [0.29, 0.717) is 12.2 Å². The van der Waals surface area contributed by atoms with E-state index in [1.807, 2.05) is 26.0 Å². The first kappa shape index (κ1) is 14.0. The summed E-state index contributed by atoms with van der Waals surface area (Å²) >= 11 is 0. The minimum Gasteiger partial charge on any atom is -0.479 e. The maximum absolute atomic E-state index is 11.0. The second kappa shape index (κ2) is 5.28. The summed E-state index contributed by atoms with van der Waals surface area (Å²) in [6, 6.07) is 7.18. The molecule has 0 aromatic heterocycles. The Bertz CT molecular complexity index is 451. The van der Waals surface area contributed by atoms with Gasteiger partial charge in [-0.3, -0.25) is 0 Å². The van der Waals surface area contributed by atoms with Crippen molar-refractivity contribution in [3.8, 4) is 0 Å². The molecule has 0 spiro atoms. The molecular formula is C14H18O5. The van der Waals surface area contributed by atoms with Crippen LogP contribution in [0.15, 0.2) is 24.3 Å². The summed E-state index contributed by atoms with van der Waals surface area (Å²) in [6.07, 6.45) is -1.05. The average Bonchev–Trinajstić information content (AvgIpc) is 2.71. The normalized spacial score (nSPS) is 23.2. The highest BCUT2D eigenvalue weighted by atomic mass is 16.7. The van der Waals surface area contributed by atoms with Crippen LogP contribution in [0.2, 0.25) is 0 Å². The topological polar surface area (TPSA) is 65.0 Å². The molecule has 1 aliphatic rings. The van der Waals surface area contributed by atoms with Crippen molar-refractivity contribution in [3.63, 3.8) is 0 Å². The third kappa shape index (κ3) is 3.12. The minimum absolute atomic E-state index is 0.116. The molecule has 1 N–H and O–H groups in total. The summed E-state index contributed by atoms with van der Waals surface area (Å²) in [5, 5.41) is 9.01. The SMILES string of the molecule is COC(C(=O)O)c1ccc(C2COC(C)(C)O2)cc1. The lowest BCUT2D eigenvalue weighted by Gasteiger charge is -2.17. The summed E-state index contributed by atoms with van der Waals surface area (Å²) in [7, 11) is 1.38. The number of benzene rings is 1. The monoisotopic (exact) mass is 266 g/mol. The fraction of sp³-hybridized carbons (Fsp3) is 0.500. The molecule has 5 nitrogen and oxygen atoms in total. The predicted molar refractivity (Wildman–Crippen MR) is 67.7 cm³/mol. The Morgan fingerprint density at radius 3 is 2.47 bits per heavy atom. The second-order valence-electron chi connectivity index (χ2n) is 4.94. The molecule has 5 heteroatoms. The van der Waals surface area contributed by atoms with Crippen molar-refractivity contribution in [1.82, 2.24) is 0 Å². The number of methoxy groups -OCH3 is 1. The molecule has 2 rings (SSSR count). The molecule has 2 unspecified atom stereocenters. The zero-order valence-corrected chi connectivity index (χ0v) is 11.3. The Morgan fingerprint density at radius 1 is 1.42 bits per heavy atom. The molecule has 0 saturated carbocycles. The number of carboxylic acid groups (broad SMARTS) is 1. The van der Waals surface area contributed by atoms with E-state index in [9.17, 15) is 4.79 Å². The molecule has 0 radical (unpaired) electrons. The van der Waals surface area contributed by atoms with E-state index in [1.165, 1.54) is 7.11 Å². The van der Waals surface area contributed by atoms with Gasteiger partial charge in [-0.15, -0.1) is 0 Å². The highest BCUT2D eigenvalue weighted by Crippen LogP contribution is 2.33. The van der Waals surface area contributed by atoms with Crippen LogP contribution in [0.5, 0.6) is 0 Å². The molecule has 1 aromatic carbocycles. The van der Waals surface area contributed by atoms with Gasteiger partial charge in [-0.2, -0.15) is 0 Å². The van der Waals surface area contributed by atoms with Gasteiger partial charge in [0.15, 0.2) is 11.9 Å². The van der Waals surface area contributed by atoms with Crippen LogP contribution >= 0.6 is 0 Å². The lowest BCUT2D eigenvalue weighted by Crippen LogP contribution is -2.19. The van der Waals surface area contributed by atoms with Gasteiger partial charge in [0, 0.05) is 7.11 Å². The maximum Gasteiger partial charge on any atom is 0.337 e. The van der Waals surface area contributed by atoms with Gasteiger partial charge >= 0.3 is 5.97 Å². The third-order valence-corrected chi connectivity index (χ3v) is 3.08. The summed E-state index contributed by atoms with van der Waals surface area (Å²) in [6.45, 7) is 4.23. The van der Waals surface area contributed by atoms with E-state index >= 15 is 0 Å². The van der Waals surface area contributed by atoms with Gasteiger partial charge < -0.3 is 19.3 Å². The average molecular weight is 266 g/mol. The van der Waals surface area contributed by atoms with E-state index in [4.69, 9.17) is 19.3 Å². The lowest BCUT2D eigenvalue weighted by molar-refractivity contribution is -0.148. The van der Waals surface area contributed by atoms with Crippen molar-refractivity contribution in [2.24, 2.45) is 0 Å². The molecule has 0 aliphatic carbocycles. The van der Waals surface area contributed by atoms with Gasteiger partial charge in [-0.25, -0.2) is 4.79 Å². The van der Waals surface area contributed by atoms with Crippen molar-refractivity contribution < 1.29 is 24.1 Å². The molecule has 2 atom stereocenters.